The van der Waals surface area contributed by atoms with E-state index in [0.29, 0.717) is 12.1 Å². The monoisotopic (exact) mass is 562 g/mol. The van der Waals surface area contributed by atoms with Crippen molar-refractivity contribution in [3.8, 4) is 0 Å². The van der Waals surface area contributed by atoms with Crippen LogP contribution in [0, 0.1) is 63.7 Å². The third kappa shape index (κ3) is 9.66. The molecule has 1 heterocycles. The number of hydrogen-bond acceptors (Lipinski definition) is 4. The Morgan fingerprint density at radius 2 is 1.42 bits per heavy atom. The summed E-state index contributed by atoms with van der Waals surface area (Å²) in [7, 11) is -5.84. The number of para-hydroxylation sites is 1. The molecule has 1 atom stereocenters. The topological polar surface area (TPSA) is 78.8 Å². The standard InChI is InChI=1S/C20H23N2.C5H5.CHF3O3S.Fe/c1-2-10-16(11-3-1)21-20-14-19(15-8-4-5-9-15)22-18-13-7-6-12-17(18)20;1-2-4-5-3-1;2-1(3,4)8(5,6)7;/h4-9,12-13,16,19,22H,1-3,10-11,14H2;1-5H;(H,5,6,7);/q;;;+2. The number of nitrogens with one attached hydrogen (secondary N) is 1. The van der Waals surface area contributed by atoms with E-state index in [1.165, 1.54) is 55.0 Å². The summed E-state index contributed by atoms with van der Waals surface area (Å²) < 4.78 is 57.5. The van der Waals surface area contributed by atoms with E-state index in [-0.39, 0.29) is 17.1 Å². The predicted molar refractivity (Wildman–Crippen MR) is 131 cm³/mol. The van der Waals surface area contributed by atoms with Crippen LogP contribution in [-0.4, -0.2) is 36.3 Å². The molecule has 1 aromatic rings. The summed E-state index contributed by atoms with van der Waals surface area (Å²) in [6.07, 6.45) is 26.3. The van der Waals surface area contributed by atoms with Crippen molar-refractivity contribution in [1.29, 1.82) is 0 Å². The fourth-order valence-electron chi connectivity index (χ4n) is 4.10. The van der Waals surface area contributed by atoms with Gasteiger partial charge in [0.25, 0.3) is 0 Å². The van der Waals surface area contributed by atoms with Crippen molar-refractivity contribution in [3.05, 3.63) is 93.5 Å². The second kappa shape index (κ2) is 14.7. The van der Waals surface area contributed by atoms with Gasteiger partial charge in [0.15, 0.2) is 0 Å². The van der Waals surface area contributed by atoms with Crippen molar-refractivity contribution >= 4 is 21.5 Å². The third-order valence-electron chi connectivity index (χ3n) is 5.82. The molecule has 2 N–H and O–H groups in total. The molecule has 0 saturated heterocycles. The maximum absolute atomic E-state index is 10.7. The fourth-order valence-corrected chi connectivity index (χ4v) is 4.10. The first-order chi connectivity index (χ1) is 16.6. The SMILES string of the molecule is O=S(=O)(O)C(F)(F)F.[CH]1[CH][CH][CH][CH]1.[CH]1[CH][CH][C](C2CC(=NC3CCCCC3)c3ccccc3N2)[CH]1.[Fe+2]. The van der Waals surface area contributed by atoms with E-state index in [2.05, 4.69) is 55.3 Å². The van der Waals surface area contributed by atoms with Crippen LogP contribution in [-0.2, 0) is 27.2 Å². The van der Waals surface area contributed by atoms with E-state index in [4.69, 9.17) is 18.0 Å². The molecule has 194 valence electrons. The van der Waals surface area contributed by atoms with Gasteiger partial charge in [0, 0.05) is 35.3 Å². The van der Waals surface area contributed by atoms with Crippen LogP contribution in [0.3, 0.4) is 0 Å². The Morgan fingerprint density at radius 1 is 0.889 bits per heavy atom. The summed E-state index contributed by atoms with van der Waals surface area (Å²) in [4.78, 5) is 5.17. The number of halogens is 3. The van der Waals surface area contributed by atoms with Crippen molar-refractivity contribution in [2.45, 2.75) is 56.1 Å². The third-order valence-corrected chi connectivity index (χ3v) is 6.40. The summed E-state index contributed by atoms with van der Waals surface area (Å²) in [5.74, 6) is 1.37. The van der Waals surface area contributed by atoms with Crippen LogP contribution in [0.15, 0.2) is 29.3 Å². The Morgan fingerprint density at radius 3 is 1.94 bits per heavy atom. The van der Waals surface area contributed by atoms with Gasteiger partial charge in [-0.2, -0.15) is 21.6 Å². The number of rotatable bonds is 2. The van der Waals surface area contributed by atoms with Crippen molar-refractivity contribution in [1.82, 2.24) is 0 Å². The minimum Gasteiger partial charge on any atom is -0.381 e. The Balaban J connectivity index is 0.000000271. The predicted octanol–water partition coefficient (Wildman–Crippen LogP) is 5.81. The van der Waals surface area contributed by atoms with E-state index in [1.807, 2.05) is 32.1 Å². The summed E-state index contributed by atoms with van der Waals surface area (Å²) in [5.41, 5.74) is -1.70. The Labute approximate surface area is 224 Å². The normalized spacial score (nSPS) is 23.9. The molecule has 5 nitrogen and oxygen atoms in total. The quantitative estimate of drug-likeness (QED) is 0.271. The molecule has 3 saturated carbocycles. The van der Waals surface area contributed by atoms with Crippen molar-refractivity contribution in [3.63, 3.8) is 0 Å². The molecule has 36 heavy (non-hydrogen) atoms. The molecule has 4 aliphatic rings. The average molecular weight is 562 g/mol. The smallest absolute Gasteiger partial charge is 0.381 e. The zero-order chi connectivity index (χ0) is 25.3. The fraction of sp³-hybridized carbons (Fsp3) is 0.346. The van der Waals surface area contributed by atoms with Crippen LogP contribution in [0.25, 0.3) is 0 Å². The molecule has 3 aliphatic carbocycles. The van der Waals surface area contributed by atoms with Gasteiger partial charge in [0.1, 0.15) is 0 Å². The molecule has 10 heteroatoms. The van der Waals surface area contributed by atoms with Crippen LogP contribution in [0.5, 0.6) is 0 Å². The summed E-state index contributed by atoms with van der Waals surface area (Å²) in [6, 6.07) is 9.52. The number of aliphatic imine (C=N–C) groups is 1. The van der Waals surface area contributed by atoms with E-state index >= 15 is 0 Å². The number of benzene rings is 1. The summed E-state index contributed by atoms with van der Waals surface area (Å²) >= 11 is 0. The minimum absolute atomic E-state index is 0. The van der Waals surface area contributed by atoms with Gasteiger partial charge < -0.3 is 5.32 Å². The Hall–Kier alpha value is -1.09. The van der Waals surface area contributed by atoms with E-state index in [0.717, 1.165) is 6.42 Å². The molecule has 0 spiro atoms. The average Bonchev–Trinajstić information content (AvgIpc) is 3.56. The molecule has 5 rings (SSSR count). The second-order valence-corrected chi connectivity index (χ2v) is 9.83. The summed E-state index contributed by atoms with van der Waals surface area (Å²) in [5, 5.41) is 3.69. The number of alkyl halides is 3. The molecule has 1 unspecified atom stereocenters. The molecule has 0 amide bonds. The number of anilines is 1. The zero-order valence-electron chi connectivity index (χ0n) is 19.5. The molecule has 3 fully saturated rings. The molecular formula is C26H29F3FeN2O3S+2. The van der Waals surface area contributed by atoms with Crippen LogP contribution in [0.1, 0.15) is 44.1 Å². The van der Waals surface area contributed by atoms with Gasteiger partial charge in [-0.15, -0.1) is 0 Å². The molecular weight excluding hydrogens is 533 g/mol. The molecule has 0 bridgehead atoms. The van der Waals surface area contributed by atoms with Crippen LogP contribution in [0.2, 0.25) is 0 Å². The number of nitrogens with zero attached hydrogens (tertiary/aromatic N) is 1. The summed E-state index contributed by atoms with van der Waals surface area (Å²) in [6.45, 7) is 0. The van der Waals surface area contributed by atoms with Crippen LogP contribution >= 0.6 is 0 Å². The van der Waals surface area contributed by atoms with E-state index in [9.17, 15) is 13.2 Å². The van der Waals surface area contributed by atoms with Gasteiger partial charge in [-0.3, -0.25) is 9.55 Å². The van der Waals surface area contributed by atoms with Crippen LogP contribution < -0.4 is 5.32 Å². The van der Waals surface area contributed by atoms with Gasteiger partial charge >= 0.3 is 32.7 Å². The number of fused-ring (bicyclic) bond motifs is 1. The second-order valence-electron chi connectivity index (χ2n) is 8.42. The van der Waals surface area contributed by atoms with Crippen molar-refractivity contribution in [2.24, 2.45) is 4.99 Å². The molecule has 1 aromatic carbocycles. The van der Waals surface area contributed by atoms with Gasteiger partial charge in [-0.25, -0.2) is 0 Å². The Kier molecular flexibility index (Phi) is 12.7. The van der Waals surface area contributed by atoms with E-state index in [1.54, 1.807) is 0 Å². The van der Waals surface area contributed by atoms with Gasteiger partial charge in [0.05, 0.1) is 6.04 Å². The minimum atomic E-state index is -5.84. The van der Waals surface area contributed by atoms with E-state index < -0.39 is 15.6 Å². The molecule has 10 radical (unpaired) electrons. The maximum Gasteiger partial charge on any atom is 2.00 e. The van der Waals surface area contributed by atoms with Gasteiger partial charge in [0.2, 0.25) is 0 Å². The van der Waals surface area contributed by atoms with Crippen molar-refractivity contribution < 1.29 is 43.2 Å². The number of hydrogen-bond donors (Lipinski definition) is 2. The molecule has 1 aliphatic heterocycles. The maximum atomic E-state index is 10.7. The first-order valence-corrected chi connectivity index (χ1v) is 12.9. The zero-order valence-corrected chi connectivity index (χ0v) is 21.4. The first kappa shape index (κ1) is 31.1. The van der Waals surface area contributed by atoms with Crippen molar-refractivity contribution in [2.75, 3.05) is 5.32 Å². The largest absolute Gasteiger partial charge is 2.00 e. The van der Waals surface area contributed by atoms with Gasteiger partial charge in [-0.05, 0) is 76.7 Å². The van der Waals surface area contributed by atoms with Gasteiger partial charge in [-0.1, -0.05) is 37.5 Å². The Bertz CT molecular complexity index is 917. The first-order valence-electron chi connectivity index (χ1n) is 11.5. The molecule has 0 aromatic heterocycles. The van der Waals surface area contributed by atoms with Crippen LogP contribution in [0.4, 0.5) is 18.9 Å².